The van der Waals surface area contributed by atoms with E-state index in [1.54, 1.807) is 47.3 Å². The van der Waals surface area contributed by atoms with Gasteiger partial charge in [0.05, 0.1) is 34.2 Å². The molecule has 0 bridgehead atoms. The fourth-order valence-electron chi connectivity index (χ4n) is 3.93. The Balaban J connectivity index is 1.71. The van der Waals surface area contributed by atoms with Crippen LogP contribution in [0.4, 0.5) is 5.69 Å². The number of para-hydroxylation sites is 2. The standard InChI is InChI=1S/C27H18N6O4/c1-37-24-12-11-17(14-23(24)33(35)36)25-19(16-32(31-25)20-7-3-2-4-8-20)13-18(15-28)26-29-22-10-6-5-9-21(22)27(34)30-26/h2-14,16H,1H3,(H,29,30,34)/b18-13+. The summed E-state index contributed by atoms with van der Waals surface area (Å²) in [5.74, 6) is 0.217. The predicted octanol–water partition coefficient (Wildman–Crippen LogP) is 4.76. The normalized spacial score (nSPS) is 11.3. The smallest absolute Gasteiger partial charge is 0.311 e. The van der Waals surface area contributed by atoms with Gasteiger partial charge in [-0.3, -0.25) is 14.9 Å². The molecule has 10 nitrogen and oxygen atoms in total. The van der Waals surface area contributed by atoms with Gasteiger partial charge in [0.15, 0.2) is 11.6 Å². The number of nitrogens with zero attached hydrogens (tertiary/aromatic N) is 5. The molecular weight excluding hydrogens is 472 g/mol. The average molecular weight is 490 g/mol. The summed E-state index contributed by atoms with van der Waals surface area (Å²) in [6, 6.07) is 22.8. The summed E-state index contributed by atoms with van der Waals surface area (Å²) < 4.78 is 6.74. The lowest BCUT2D eigenvalue weighted by atomic mass is 10.0. The van der Waals surface area contributed by atoms with Crippen LogP contribution in [0.2, 0.25) is 0 Å². The largest absolute Gasteiger partial charge is 0.490 e. The van der Waals surface area contributed by atoms with E-state index in [4.69, 9.17) is 4.74 Å². The third kappa shape index (κ3) is 4.44. The number of nitrogens with one attached hydrogen (secondary N) is 1. The molecule has 0 fully saturated rings. The number of rotatable bonds is 6. The molecule has 1 N–H and O–H groups in total. The number of methoxy groups -OCH3 is 1. The summed E-state index contributed by atoms with van der Waals surface area (Å²) in [4.78, 5) is 30.8. The number of nitriles is 1. The number of aromatic amines is 1. The monoisotopic (exact) mass is 490 g/mol. The molecule has 10 heteroatoms. The van der Waals surface area contributed by atoms with E-state index in [1.807, 2.05) is 30.3 Å². The lowest BCUT2D eigenvalue weighted by Crippen LogP contribution is -2.11. The van der Waals surface area contributed by atoms with E-state index < -0.39 is 4.92 Å². The van der Waals surface area contributed by atoms with Gasteiger partial charge in [-0.2, -0.15) is 10.4 Å². The van der Waals surface area contributed by atoms with E-state index in [1.165, 1.54) is 19.2 Å². The van der Waals surface area contributed by atoms with Gasteiger partial charge in [0.1, 0.15) is 11.8 Å². The summed E-state index contributed by atoms with van der Waals surface area (Å²) in [6.07, 6.45) is 3.25. The van der Waals surface area contributed by atoms with E-state index in [2.05, 4.69) is 21.1 Å². The lowest BCUT2D eigenvalue weighted by molar-refractivity contribution is -0.385. The fraction of sp³-hybridized carbons (Fsp3) is 0.0370. The SMILES string of the molecule is COc1ccc(-c2nn(-c3ccccc3)cc2/C=C(\C#N)c2nc3ccccc3c(=O)[nH]2)cc1[N+](=O)[O-]. The van der Waals surface area contributed by atoms with Gasteiger partial charge in [-0.15, -0.1) is 0 Å². The Morgan fingerprint density at radius 3 is 2.62 bits per heavy atom. The van der Waals surface area contributed by atoms with Crippen molar-refractivity contribution in [1.29, 1.82) is 5.26 Å². The van der Waals surface area contributed by atoms with Crippen LogP contribution in [-0.2, 0) is 0 Å². The van der Waals surface area contributed by atoms with Crippen LogP contribution in [-0.4, -0.2) is 31.8 Å². The van der Waals surface area contributed by atoms with E-state index in [0.29, 0.717) is 27.7 Å². The molecule has 37 heavy (non-hydrogen) atoms. The first-order chi connectivity index (χ1) is 18.0. The molecule has 0 amide bonds. The number of nitro groups is 1. The Morgan fingerprint density at radius 2 is 1.89 bits per heavy atom. The molecule has 0 aliphatic heterocycles. The molecule has 3 aromatic carbocycles. The Morgan fingerprint density at radius 1 is 1.14 bits per heavy atom. The Bertz CT molecular complexity index is 1780. The number of hydrogen-bond acceptors (Lipinski definition) is 7. The van der Waals surface area contributed by atoms with Gasteiger partial charge >= 0.3 is 5.69 Å². The maximum atomic E-state index is 12.6. The van der Waals surface area contributed by atoms with Crippen LogP contribution in [0.1, 0.15) is 11.4 Å². The molecule has 2 aromatic heterocycles. The van der Waals surface area contributed by atoms with Crippen molar-refractivity contribution in [2.75, 3.05) is 7.11 Å². The number of nitro benzene ring substituents is 1. The molecule has 0 aliphatic carbocycles. The highest BCUT2D eigenvalue weighted by Gasteiger charge is 2.20. The second kappa shape index (κ2) is 9.59. The van der Waals surface area contributed by atoms with E-state index in [9.17, 15) is 20.2 Å². The number of ether oxygens (including phenoxy) is 1. The molecule has 2 heterocycles. The quantitative estimate of drug-likeness (QED) is 0.206. The minimum Gasteiger partial charge on any atom is -0.490 e. The van der Waals surface area contributed by atoms with Crippen molar-refractivity contribution < 1.29 is 9.66 Å². The summed E-state index contributed by atoms with van der Waals surface area (Å²) in [5.41, 5.74) is 2.06. The number of benzene rings is 3. The van der Waals surface area contributed by atoms with Crippen LogP contribution in [0.5, 0.6) is 5.75 Å². The van der Waals surface area contributed by atoms with Crippen LogP contribution in [0, 0.1) is 21.4 Å². The average Bonchev–Trinajstić information content (AvgIpc) is 3.35. The molecule has 0 aliphatic rings. The van der Waals surface area contributed by atoms with E-state index in [0.717, 1.165) is 5.69 Å². The van der Waals surface area contributed by atoms with Crippen LogP contribution in [0.3, 0.4) is 0 Å². The van der Waals surface area contributed by atoms with Gasteiger partial charge in [0.25, 0.3) is 5.56 Å². The molecular formula is C27H18N6O4. The first kappa shape index (κ1) is 23.2. The first-order valence-electron chi connectivity index (χ1n) is 11.1. The van der Waals surface area contributed by atoms with Crippen LogP contribution in [0.15, 0.2) is 83.8 Å². The van der Waals surface area contributed by atoms with Gasteiger partial charge in [0, 0.05) is 23.4 Å². The van der Waals surface area contributed by atoms with Crippen LogP contribution >= 0.6 is 0 Å². The van der Waals surface area contributed by atoms with Gasteiger partial charge in [-0.1, -0.05) is 30.3 Å². The lowest BCUT2D eigenvalue weighted by Gasteiger charge is -2.05. The fourth-order valence-corrected chi connectivity index (χ4v) is 3.93. The number of hydrogen-bond donors (Lipinski definition) is 1. The Labute approximate surface area is 209 Å². The van der Waals surface area contributed by atoms with Crippen LogP contribution < -0.4 is 10.3 Å². The number of allylic oxidation sites excluding steroid dienone is 1. The Kier molecular flexibility index (Phi) is 6.01. The molecule has 0 saturated heterocycles. The molecule has 180 valence electrons. The van der Waals surface area contributed by atoms with Crippen molar-refractivity contribution in [1.82, 2.24) is 19.7 Å². The van der Waals surface area contributed by atoms with Crippen molar-refractivity contribution in [2.24, 2.45) is 0 Å². The Hall–Kier alpha value is -5.56. The molecule has 0 unspecified atom stereocenters. The molecule has 0 spiro atoms. The zero-order valence-electron chi connectivity index (χ0n) is 19.5. The summed E-state index contributed by atoms with van der Waals surface area (Å²) >= 11 is 0. The second-order valence-corrected chi connectivity index (χ2v) is 7.96. The zero-order chi connectivity index (χ0) is 25.9. The zero-order valence-corrected chi connectivity index (χ0v) is 19.5. The third-order valence-corrected chi connectivity index (χ3v) is 5.70. The van der Waals surface area contributed by atoms with E-state index in [-0.39, 0.29) is 28.4 Å². The highest BCUT2D eigenvalue weighted by atomic mass is 16.6. The molecule has 0 saturated carbocycles. The van der Waals surface area contributed by atoms with Crippen LogP contribution in [0.25, 0.3) is 39.5 Å². The van der Waals surface area contributed by atoms with Gasteiger partial charge in [-0.25, -0.2) is 9.67 Å². The number of fused-ring (bicyclic) bond motifs is 1. The minimum atomic E-state index is -0.531. The van der Waals surface area contributed by atoms with Gasteiger partial charge in [0.2, 0.25) is 0 Å². The van der Waals surface area contributed by atoms with Crippen molar-refractivity contribution in [3.05, 3.63) is 111 Å². The summed E-state index contributed by atoms with van der Waals surface area (Å²) in [6.45, 7) is 0. The first-order valence-corrected chi connectivity index (χ1v) is 11.1. The number of H-pyrrole nitrogens is 1. The predicted molar refractivity (Wildman–Crippen MR) is 138 cm³/mol. The molecule has 5 rings (SSSR count). The molecule has 5 aromatic rings. The topological polar surface area (TPSA) is 140 Å². The maximum Gasteiger partial charge on any atom is 0.311 e. The third-order valence-electron chi connectivity index (χ3n) is 5.70. The van der Waals surface area contributed by atoms with Crippen molar-refractivity contribution >= 4 is 28.2 Å². The van der Waals surface area contributed by atoms with Gasteiger partial charge < -0.3 is 9.72 Å². The summed E-state index contributed by atoms with van der Waals surface area (Å²) in [5, 5.41) is 26.7. The highest BCUT2D eigenvalue weighted by Crippen LogP contribution is 2.34. The summed E-state index contributed by atoms with van der Waals surface area (Å²) in [7, 11) is 1.36. The minimum absolute atomic E-state index is 0.0970. The van der Waals surface area contributed by atoms with Gasteiger partial charge in [-0.05, 0) is 42.5 Å². The van der Waals surface area contributed by atoms with Crippen molar-refractivity contribution in [2.45, 2.75) is 0 Å². The van der Waals surface area contributed by atoms with Crippen molar-refractivity contribution in [3.8, 4) is 28.8 Å². The highest BCUT2D eigenvalue weighted by molar-refractivity contribution is 5.92. The van der Waals surface area contributed by atoms with Crippen molar-refractivity contribution in [3.63, 3.8) is 0 Å². The molecule has 0 atom stereocenters. The number of aromatic nitrogens is 4. The second-order valence-electron chi connectivity index (χ2n) is 7.96. The maximum absolute atomic E-state index is 12.6. The van der Waals surface area contributed by atoms with E-state index >= 15 is 0 Å². The molecule has 0 radical (unpaired) electrons.